The summed E-state index contributed by atoms with van der Waals surface area (Å²) in [6, 6.07) is 5.27. The fourth-order valence-corrected chi connectivity index (χ4v) is 1.92. The van der Waals surface area contributed by atoms with Crippen LogP contribution in [-0.4, -0.2) is 35.7 Å². The molecule has 0 heterocycles. The summed E-state index contributed by atoms with van der Waals surface area (Å²) < 4.78 is 5.18. The number of carbonyl (C=O) groups is 2. The molecular formula is C16H23NO4. The highest BCUT2D eigenvalue weighted by Crippen LogP contribution is 2.11. The van der Waals surface area contributed by atoms with Crippen molar-refractivity contribution in [2.24, 2.45) is 0 Å². The van der Waals surface area contributed by atoms with E-state index < -0.39 is 11.6 Å². The van der Waals surface area contributed by atoms with Crippen molar-refractivity contribution in [3.8, 4) is 0 Å². The van der Waals surface area contributed by atoms with Crippen LogP contribution in [0.1, 0.15) is 42.3 Å². The molecule has 0 amide bonds. The number of ether oxygens (including phenoxy) is 1. The van der Waals surface area contributed by atoms with Crippen LogP contribution in [0.3, 0.4) is 0 Å². The summed E-state index contributed by atoms with van der Waals surface area (Å²) in [5.41, 5.74) is 1.63. The second kappa shape index (κ2) is 7.22. The van der Waals surface area contributed by atoms with Crippen LogP contribution < -0.4 is 5.32 Å². The Bertz CT molecular complexity index is 517. The molecule has 1 rings (SSSR count). The van der Waals surface area contributed by atoms with Gasteiger partial charge in [-0.25, -0.2) is 4.79 Å². The topological polar surface area (TPSA) is 75.6 Å². The Morgan fingerprint density at radius 2 is 1.95 bits per heavy atom. The summed E-state index contributed by atoms with van der Waals surface area (Å²) in [6.07, 6.45) is 0.726. The van der Waals surface area contributed by atoms with Gasteiger partial charge in [0.1, 0.15) is 5.60 Å². The molecule has 0 atom stereocenters. The zero-order chi connectivity index (χ0) is 16.0. The molecule has 1 aromatic carbocycles. The summed E-state index contributed by atoms with van der Waals surface area (Å²) in [7, 11) is 0. The predicted molar refractivity (Wildman–Crippen MR) is 80.6 cm³/mol. The Hall–Kier alpha value is -1.88. The molecule has 0 spiro atoms. The summed E-state index contributed by atoms with van der Waals surface area (Å²) >= 11 is 0. The number of nitrogens with one attached hydrogen (secondary N) is 1. The van der Waals surface area contributed by atoms with E-state index in [4.69, 9.17) is 9.84 Å². The van der Waals surface area contributed by atoms with E-state index >= 15 is 0 Å². The molecule has 0 aliphatic heterocycles. The molecule has 2 N–H and O–H groups in total. The van der Waals surface area contributed by atoms with Gasteiger partial charge in [-0.2, -0.15) is 0 Å². The molecule has 0 fully saturated rings. The molecule has 5 heteroatoms. The summed E-state index contributed by atoms with van der Waals surface area (Å²) in [4.78, 5) is 22.4. The Balaban J connectivity index is 2.38. The average molecular weight is 293 g/mol. The van der Waals surface area contributed by atoms with Crippen molar-refractivity contribution in [2.45, 2.75) is 39.7 Å². The molecule has 0 aliphatic carbocycles. The zero-order valence-electron chi connectivity index (χ0n) is 13.0. The van der Waals surface area contributed by atoms with Crippen LogP contribution in [0.4, 0.5) is 0 Å². The van der Waals surface area contributed by atoms with E-state index in [2.05, 4.69) is 5.32 Å². The van der Waals surface area contributed by atoms with Gasteiger partial charge < -0.3 is 15.2 Å². The van der Waals surface area contributed by atoms with Gasteiger partial charge in [0.05, 0.1) is 12.1 Å². The minimum absolute atomic E-state index is 0.170. The normalized spacial score (nSPS) is 11.2. The summed E-state index contributed by atoms with van der Waals surface area (Å²) in [6.45, 7) is 8.07. The van der Waals surface area contributed by atoms with Gasteiger partial charge in [-0.1, -0.05) is 12.1 Å². The first-order chi connectivity index (χ1) is 9.69. The highest BCUT2D eigenvalue weighted by atomic mass is 16.6. The monoisotopic (exact) mass is 293 g/mol. The fourth-order valence-electron chi connectivity index (χ4n) is 1.92. The summed E-state index contributed by atoms with van der Waals surface area (Å²) in [5.74, 6) is -1.19. The van der Waals surface area contributed by atoms with Gasteiger partial charge in [-0.15, -0.1) is 0 Å². The molecule has 0 aliphatic rings. The van der Waals surface area contributed by atoms with Gasteiger partial charge >= 0.3 is 11.9 Å². The van der Waals surface area contributed by atoms with Crippen molar-refractivity contribution < 1.29 is 19.4 Å². The third kappa shape index (κ3) is 6.40. The SMILES string of the molecule is Cc1cc(CCNCC(=O)OC(C)(C)C)ccc1C(=O)O. The molecule has 0 unspecified atom stereocenters. The van der Waals surface area contributed by atoms with Crippen LogP contribution in [0.25, 0.3) is 0 Å². The van der Waals surface area contributed by atoms with E-state index in [1.54, 1.807) is 19.1 Å². The van der Waals surface area contributed by atoms with Crippen LogP contribution in [0.5, 0.6) is 0 Å². The third-order valence-corrected chi connectivity index (χ3v) is 2.80. The number of carboxylic acid groups (broad SMARTS) is 1. The van der Waals surface area contributed by atoms with Gasteiger partial charge in [0.15, 0.2) is 0 Å². The van der Waals surface area contributed by atoms with Crippen molar-refractivity contribution in [1.82, 2.24) is 5.32 Å². The lowest BCUT2D eigenvalue weighted by molar-refractivity contribution is -0.153. The lowest BCUT2D eigenvalue weighted by atomic mass is 10.0. The molecule has 5 nitrogen and oxygen atoms in total. The first kappa shape index (κ1) is 17.2. The van der Waals surface area contributed by atoms with Crippen molar-refractivity contribution >= 4 is 11.9 Å². The molecule has 0 bridgehead atoms. The maximum Gasteiger partial charge on any atom is 0.335 e. The maximum absolute atomic E-state index is 11.5. The first-order valence-electron chi connectivity index (χ1n) is 6.94. The van der Waals surface area contributed by atoms with Gasteiger partial charge in [0.2, 0.25) is 0 Å². The number of carbonyl (C=O) groups excluding carboxylic acids is 1. The molecule has 0 saturated heterocycles. The number of benzene rings is 1. The van der Waals surface area contributed by atoms with E-state index in [-0.39, 0.29) is 12.5 Å². The molecule has 0 saturated carbocycles. The van der Waals surface area contributed by atoms with Crippen LogP contribution in [-0.2, 0) is 16.0 Å². The highest BCUT2D eigenvalue weighted by molar-refractivity contribution is 5.89. The Morgan fingerprint density at radius 3 is 2.48 bits per heavy atom. The second-order valence-electron chi connectivity index (χ2n) is 5.97. The van der Waals surface area contributed by atoms with E-state index in [1.165, 1.54) is 0 Å². The number of hydrogen-bond acceptors (Lipinski definition) is 4. The Kier molecular flexibility index (Phi) is 5.90. The van der Waals surface area contributed by atoms with E-state index in [9.17, 15) is 9.59 Å². The number of rotatable bonds is 6. The van der Waals surface area contributed by atoms with E-state index in [1.807, 2.05) is 26.8 Å². The lowest BCUT2D eigenvalue weighted by Crippen LogP contribution is -2.32. The van der Waals surface area contributed by atoms with Gasteiger partial charge in [0, 0.05) is 0 Å². The quantitative estimate of drug-likeness (QED) is 0.621. The van der Waals surface area contributed by atoms with Crippen LogP contribution in [0, 0.1) is 6.92 Å². The maximum atomic E-state index is 11.5. The van der Waals surface area contributed by atoms with Crippen molar-refractivity contribution in [3.05, 3.63) is 34.9 Å². The predicted octanol–water partition coefficient (Wildman–Crippen LogP) is 2.17. The van der Waals surface area contributed by atoms with Crippen molar-refractivity contribution in [3.63, 3.8) is 0 Å². The standard InChI is InChI=1S/C16H23NO4/c1-11-9-12(5-6-13(11)15(19)20)7-8-17-10-14(18)21-16(2,3)4/h5-6,9,17H,7-8,10H2,1-4H3,(H,19,20). The van der Waals surface area contributed by atoms with Gasteiger partial charge in [-0.05, 0) is 57.9 Å². The van der Waals surface area contributed by atoms with Crippen molar-refractivity contribution in [1.29, 1.82) is 0 Å². The van der Waals surface area contributed by atoms with Gasteiger partial charge in [-0.3, -0.25) is 4.79 Å². The van der Waals surface area contributed by atoms with Crippen LogP contribution in [0.15, 0.2) is 18.2 Å². The Labute approximate surface area is 125 Å². The number of aromatic carboxylic acids is 1. The zero-order valence-corrected chi connectivity index (χ0v) is 13.0. The van der Waals surface area contributed by atoms with E-state index in [0.29, 0.717) is 12.1 Å². The minimum Gasteiger partial charge on any atom is -0.478 e. The lowest BCUT2D eigenvalue weighted by Gasteiger charge is -2.19. The first-order valence-corrected chi connectivity index (χ1v) is 6.94. The molecule has 21 heavy (non-hydrogen) atoms. The number of aryl methyl sites for hydroxylation is 1. The molecule has 0 aromatic heterocycles. The molecule has 116 valence electrons. The Morgan fingerprint density at radius 1 is 1.29 bits per heavy atom. The summed E-state index contributed by atoms with van der Waals surface area (Å²) in [5, 5.41) is 12.0. The van der Waals surface area contributed by atoms with Gasteiger partial charge in [0.25, 0.3) is 0 Å². The number of carboxylic acids is 1. The third-order valence-electron chi connectivity index (χ3n) is 2.80. The number of esters is 1. The minimum atomic E-state index is -0.915. The average Bonchev–Trinajstić information content (AvgIpc) is 2.32. The van der Waals surface area contributed by atoms with E-state index in [0.717, 1.165) is 17.5 Å². The van der Waals surface area contributed by atoms with Crippen LogP contribution >= 0.6 is 0 Å². The fraction of sp³-hybridized carbons (Fsp3) is 0.500. The number of hydrogen-bond donors (Lipinski definition) is 2. The smallest absolute Gasteiger partial charge is 0.335 e. The molecule has 1 aromatic rings. The molecule has 0 radical (unpaired) electrons. The van der Waals surface area contributed by atoms with Crippen molar-refractivity contribution in [2.75, 3.05) is 13.1 Å². The second-order valence-corrected chi connectivity index (χ2v) is 5.97. The van der Waals surface area contributed by atoms with Crippen LogP contribution in [0.2, 0.25) is 0 Å². The largest absolute Gasteiger partial charge is 0.478 e. The molecular weight excluding hydrogens is 270 g/mol. The highest BCUT2D eigenvalue weighted by Gasteiger charge is 2.15.